The van der Waals surface area contributed by atoms with E-state index in [-0.39, 0.29) is 0 Å². The molecule has 2 aromatic rings. The molecular weight excluding hydrogens is 312 g/mol. The second kappa shape index (κ2) is 5.32. The van der Waals surface area contributed by atoms with Gasteiger partial charge in [0, 0.05) is 0 Å². The zero-order valence-electron chi connectivity index (χ0n) is 10.2. The van der Waals surface area contributed by atoms with Crippen LogP contribution in [0.4, 0.5) is 23.4 Å². The molecule has 0 radical (unpaired) electrons. The van der Waals surface area contributed by atoms with Crippen molar-refractivity contribution in [2.24, 2.45) is 0 Å². The molecule has 0 spiro atoms. The third kappa shape index (κ3) is 3.48. The molecule has 0 aliphatic carbocycles. The van der Waals surface area contributed by atoms with Crippen LogP contribution in [0.25, 0.3) is 0 Å². The molecular formula is C12H8F4N2O2S. The van der Waals surface area contributed by atoms with Gasteiger partial charge in [-0.05, 0) is 24.3 Å². The quantitative estimate of drug-likeness (QED) is 0.884. The van der Waals surface area contributed by atoms with Gasteiger partial charge in [-0.1, -0.05) is 18.2 Å². The Balaban J connectivity index is 2.36. The summed E-state index contributed by atoms with van der Waals surface area (Å²) in [6.45, 7) is 0. The Morgan fingerprint density at radius 3 is 2.29 bits per heavy atom. The Morgan fingerprint density at radius 1 is 1.00 bits per heavy atom. The van der Waals surface area contributed by atoms with Gasteiger partial charge in [0.15, 0.2) is 0 Å². The highest BCUT2D eigenvalue weighted by Gasteiger charge is 2.32. The summed E-state index contributed by atoms with van der Waals surface area (Å²) in [5.41, 5.74) is -1.25. The van der Waals surface area contributed by atoms with E-state index in [1.54, 1.807) is 0 Å². The monoisotopic (exact) mass is 320 g/mol. The van der Waals surface area contributed by atoms with Gasteiger partial charge in [-0.2, -0.15) is 13.2 Å². The van der Waals surface area contributed by atoms with Crippen LogP contribution in [0.2, 0.25) is 0 Å². The summed E-state index contributed by atoms with van der Waals surface area (Å²) >= 11 is 0. The summed E-state index contributed by atoms with van der Waals surface area (Å²) in [6.07, 6.45) is -4.71. The van der Waals surface area contributed by atoms with E-state index in [1.165, 1.54) is 12.1 Å². The molecule has 0 aliphatic heterocycles. The smallest absolute Gasteiger partial charge is 0.263 e. The number of rotatable bonds is 3. The van der Waals surface area contributed by atoms with Crippen LogP contribution in [0.15, 0.2) is 47.4 Å². The predicted octanol–water partition coefficient (Wildman–Crippen LogP) is 3.04. The van der Waals surface area contributed by atoms with E-state index < -0.39 is 38.4 Å². The van der Waals surface area contributed by atoms with E-state index in [0.717, 1.165) is 24.3 Å². The van der Waals surface area contributed by atoms with Crippen LogP contribution in [0.3, 0.4) is 0 Å². The lowest BCUT2D eigenvalue weighted by Gasteiger charge is -2.10. The lowest BCUT2D eigenvalue weighted by atomic mass is 10.3. The Bertz CT molecular complexity index is 760. The topological polar surface area (TPSA) is 59.1 Å². The molecule has 21 heavy (non-hydrogen) atoms. The van der Waals surface area contributed by atoms with Gasteiger partial charge in [-0.25, -0.2) is 17.8 Å². The first-order valence-corrected chi connectivity index (χ1v) is 7.00. The third-order valence-electron chi connectivity index (χ3n) is 2.40. The fourth-order valence-corrected chi connectivity index (χ4v) is 2.59. The van der Waals surface area contributed by atoms with Gasteiger partial charge >= 0.3 is 6.18 Å². The van der Waals surface area contributed by atoms with Crippen molar-refractivity contribution in [3.63, 3.8) is 0 Å². The number of anilines is 1. The summed E-state index contributed by atoms with van der Waals surface area (Å²) in [6, 6.07) is 7.22. The molecule has 0 unspecified atom stereocenters. The van der Waals surface area contributed by atoms with Gasteiger partial charge < -0.3 is 0 Å². The standard InChI is InChI=1S/C12H8F4N2O2S/c13-8-4-1-2-5-9(8)21(19,20)18-11-7-3-6-10(17-11)12(14,15)16/h1-7H,(H,17,18). The van der Waals surface area contributed by atoms with Gasteiger partial charge in [0.05, 0.1) is 0 Å². The number of halogens is 4. The molecule has 112 valence electrons. The molecule has 1 heterocycles. The lowest BCUT2D eigenvalue weighted by Crippen LogP contribution is -2.17. The van der Waals surface area contributed by atoms with E-state index in [9.17, 15) is 26.0 Å². The molecule has 1 aromatic carbocycles. The van der Waals surface area contributed by atoms with Crippen molar-refractivity contribution < 1.29 is 26.0 Å². The number of hydrogen-bond donors (Lipinski definition) is 1. The van der Waals surface area contributed by atoms with Crippen molar-refractivity contribution in [2.75, 3.05) is 4.72 Å². The predicted molar refractivity (Wildman–Crippen MR) is 66.4 cm³/mol. The highest BCUT2D eigenvalue weighted by Crippen LogP contribution is 2.28. The summed E-state index contributed by atoms with van der Waals surface area (Å²) in [5.74, 6) is -1.56. The average Bonchev–Trinajstić information content (AvgIpc) is 2.37. The van der Waals surface area contributed by atoms with Crippen LogP contribution in [0.5, 0.6) is 0 Å². The van der Waals surface area contributed by atoms with Crippen LogP contribution in [0.1, 0.15) is 5.69 Å². The first-order chi connectivity index (χ1) is 9.70. The number of pyridine rings is 1. The van der Waals surface area contributed by atoms with Crippen molar-refractivity contribution in [3.05, 3.63) is 54.0 Å². The van der Waals surface area contributed by atoms with Gasteiger partial charge in [-0.15, -0.1) is 0 Å². The van der Waals surface area contributed by atoms with Crippen molar-refractivity contribution in [2.45, 2.75) is 11.1 Å². The fraction of sp³-hybridized carbons (Fsp3) is 0.0833. The molecule has 2 rings (SSSR count). The van der Waals surface area contributed by atoms with E-state index >= 15 is 0 Å². The summed E-state index contributed by atoms with van der Waals surface area (Å²) in [4.78, 5) is 2.47. The maximum absolute atomic E-state index is 13.4. The molecule has 0 atom stereocenters. The largest absolute Gasteiger partial charge is 0.433 e. The van der Waals surface area contributed by atoms with E-state index in [4.69, 9.17) is 0 Å². The minimum atomic E-state index is -4.71. The minimum absolute atomic E-state index is 0.548. The van der Waals surface area contributed by atoms with E-state index in [1.807, 2.05) is 4.72 Å². The zero-order chi connectivity index (χ0) is 15.7. The highest BCUT2D eigenvalue weighted by atomic mass is 32.2. The maximum Gasteiger partial charge on any atom is 0.433 e. The SMILES string of the molecule is O=S(=O)(Nc1cccc(C(F)(F)F)n1)c1ccccc1F. The Kier molecular flexibility index (Phi) is 3.86. The van der Waals surface area contributed by atoms with Gasteiger partial charge in [0.25, 0.3) is 10.0 Å². The minimum Gasteiger partial charge on any atom is -0.263 e. The number of nitrogens with zero attached hydrogens (tertiary/aromatic N) is 1. The first-order valence-electron chi connectivity index (χ1n) is 5.52. The molecule has 0 saturated heterocycles. The molecule has 1 N–H and O–H groups in total. The van der Waals surface area contributed by atoms with Crippen LogP contribution in [0, 0.1) is 5.82 Å². The normalized spacial score (nSPS) is 12.2. The van der Waals surface area contributed by atoms with Crippen molar-refractivity contribution in [3.8, 4) is 0 Å². The third-order valence-corrected chi connectivity index (χ3v) is 3.79. The second-order valence-corrected chi connectivity index (χ2v) is 5.59. The average molecular weight is 320 g/mol. The van der Waals surface area contributed by atoms with Crippen molar-refractivity contribution >= 4 is 15.8 Å². The summed E-state index contributed by atoms with van der Waals surface area (Å²) in [7, 11) is -4.36. The number of sulfonamides is 1. The van der Waals surface area contributed by atoms with Crippen molar-refractivity contribution in [1.82, 2.24) is 4.98 Å². The summed E-state index contributed by atoms with van der Waals surface area (Å²) < 4.78 is 76.5. The molecule has 1 aromatic heterocycles. The number of alkyl halides is 3. The van der Waals surface area contributed by atoms with Crippen LogP contribution in [-0.2, 0) is 16.2 Å². The van der Waals surface area contributed by atoms with Gasteiger partial charge in [-0.3, -0.25) is 4.72 Å². The van der Waals surface area contributed by atoms with Crippen molar-refractivity contribution in [1.29, 1.82) is 0 Å². The second-order valence-electron chi connectivity index (χ2n) is 3.94. The van der Waals surface area contributed by atoms with Gasteiger partial charge in [0.1, 0.15) is 22.2 Å². The lowest BCUT2D eigenvalue weighted by molar-refractivity contribution is -0.141. The van der Waals surface area contributed by atoms with Crippen LogP contribution >= 0.6 is 0 Å². The molecule has 0 saturated carbocycles. The molecule has 0 amide bonds. The number of hydrogen-bond acceptors (Lipinski definition) is 3. The summed E-state index contributed by atoms with van der Waals surface area (Å²) in [5, 5.41) is 0. The van der Waals surface area contributed by atoms with Crippen LogP contribution in [-0.4, -0.2) is 13.4 Å². The molecule has 0 fully saturated rings. The molecule has 0 aliphatic rings. The zero-order valence-corrected chi connectivity index (χ0v) is 11.0. The van der Waals surface area contributed by atoms with E-state index in [0.29, 0.717) is 6.07 Å². The Morgan fingerprint density at radius 2 is 1.67 bits per heavy atom. The first kappa shape index (κ1) is 15.2. The fourth-order valence-electron chi connectivity index (χ4n) is 1.50. The molecule has 4 nitrogen and oxygen atoms in total. The number of benzene rings is 1. The Hall–Kier alpha value is -2.16. The van der Waals surface area contributed by atoms with Crippen LogP contribution < -0.4 is 4.72 Å². The van der Waals surface area contributed by atoms with E-state index in [2.05, 4.69) is 4.98 Å². The molecule has 0 bridgehead atoms. The Labute approximate surface area is 117 Å². The number of aromatic nitrogens is 1. The number of nitrogens with one attached hydrogen (secondary N) is 1. The highest BCUT2D eigenvalue weighted by molar-refractivity contribution is 7.92. The van der Waals surface area contributed by atoms with Gasteiger partial charge in [0.2, 0.25) is 0 Å². The molecule has 9 heteroatoms. The maximum atomic E-state index is 13.4.